The minimum absolute atomic E-state index is 0.164. The number of hydrogen-bond donors (Lipinski definition) is 4. The molecule has 0 unspecified atom stereocenters. The molecule has 2 saturated heterocycles. The van der Waals surface area contributed by atoms with Crippen LogP contribution in [0.1, 0.15) is 81.7 Å². The highest BCUT2D eigenvalue weighted by atomic mass is 79.9. The number of nitrogens with one attached hydrogen (secondary N) is 4. The van der Waals surface area contributed by atoms with Crippen molar-refractivity contribution >= 4 is 80.4 Å². The van der Waals surface area contributed by atoms with E-state index in [1.54, 1.807) is 16.1 Å². The minimum atomic E-state index is -0.539. The van der Waals surface area contributed by atoms with Gasteiger partial charge in [-0.1, -0.05) is 0 Å². The van der Waals surface area contributed by atoms with Gasteiger partial charge in [0.2, 0.25) is 0 Å². The molecule has 6 aliphatic rings. The fraction of sp³-hybridized carbons (Fsp3) is 0.545. The Kier molecular flexibility index (Phi) is 12.4. The Labute approximate surface area is 381 Å². The lowest BCUT2D eigenvalue weighted by Gasteiger charge is -2.49. The van der Waals surface area contributed by atoms with E-state index >= 15 is 0 Å². The molecule has 0 saturated carbocycles. The largest absolute Gasteiger partial charge is 0.501 e. The Balaban J connectivity index is 0.000000193. The number of benzene rings is 2. The average molecular weight is 952 g/mol. The molecular weight excluding hydrogens is 892 g/mol. The summed E-state index contributed by atoms with van der Waals surface area (Å²) in [7, 11) is 0. The quantitative estimate of drug-likeness (QED) is 0.234. The van der Waals surface area contributed by atoms with E-state index < -0.39 is 23.3 Å². The average Bonchev–Trinajstić information content (AvgIpc) is 3.18. The summed E-state index contributed by atoms with van der Waals surface area (Å²) in [5.41, 5.74) is 7.46. The Morgan fingerprint density at radius 1 is 0.781 bits per heavy atom. The Bertz CT molecular complexity index is 2290. The van der Waals surface area contributed by atoms with Gasteiger partial charge in [0.25, 0.3) is 11.8 Å². The molecule has 19 nitrogen and oxygen atoms in total. The lowest BCUT2D eigenvalue weighted by atomic mass is 9.91. The van der Waals surface area contributed by atoms with Crippen LogP contribution >= 0.6 is 15.9 Å². The van der Waals surface area contributed by atoms with Crippen molar-refractivity contribution in [2.45, 2.75) is 111 Å². The van der Waals surface area contributed by atoms with Crippen LogP contribution < -0.4 is 40.8 Å². The van der Waals surface area contributed by atoms with Crippen LogP contribution in [0.25, 0.3) is 6.08 Å². The third-order valence-electron chi connectivity index (χ3n) is 10.9. The zero-order valence-corrected chi connectivity index (χ0v) is 39.9. The number of halogens is 1. The molecule has 0 spiro atoms. The van der Waals surface area contributed by atoms with E-state index in [1.165, 1.54) is 0 Å². The number of fused-ring (bicyclic) bond motifs is 6. The number of amides is 4. The van der Waals surface area contributed by atoms with Crippen LogP contribution in [-0.2, 0) is 23.8 Å². The number of amidine groups is 2. The first kappa shape index (κ1) is 46.1. The van der Waals surface area contributed by atoms with Crippen molar-refractivity contribution in [3.8, 4) is 11.5 Å². The summed E-state index contributed by atoms with van der Waals surface area (Å²) in [4.78, 5) is 56.2. The summed E-state index contributed by atoms with van der Waals surface area (Å²) in [6, 6.07) is 6.92. The van der Waals surface area contributed by atoms with E-state index in [0.29, 0.717) is 62.6 Å². The van der Waals surface area contributed by atoms with Crippen LogP contribution in [0.5, 0.6) is 11.5 Å². The zero-order chi connectivity index (χ0) is 46.5. The maximum atomic E-state index is 12.4. The van der Waals surface area contributed by atoms with E-state index in [0.717, 1.165) is 32.8 Å². The molecule has 2 aromatic carbocycles. The first-order chi connectivity index (χ1) is 29.9. The summed E-state index contributed by atoms with van der Waals surface area (Å²) in [6.07, 6.45) is 2.89. The smallest absolute Gasteiger partial charge is 0.410 e. The Hall–Kier alpha value is -5.92. The van der Waals surface area contributed by atoms with Gasteiger partial charge in [-0.05, 0) is 122 Å². The van der Waals surface area contributed by atoms with Gasteiger partial charge in [0, 0.05) is 41.9 Å². The number of rotatable bonds is 7. The molecule has 20 heteroatoms. The van der Waals surface area contributed by atoms with Crippen molar-refractivity contribution in [2.24, 2.45) is 10.2 Å². The lowest BCUT2D eigenvalue weighted by Crippen LogP contribution is -2.66. The van der Waals surface area contributed by atoms with E-state index in [9.17, 15) is 19.2 Å². The second kappa shape index (κ2) is 17.2. The van der Waals surface area contributed by atoms with Crippen LogP contribution in [0.2, 0.25) is 0 Å². The number of ether oxygens (including phenoxy) is 5. The summed E-state index contributed by atoms with van der Waals surface area (Å²) in [5, 5.41) is 15.4. The van der Waals surface area contributed by atoms with Crippen molar-refractivity contribution in [3.05, 3.63) is 40.6 Å². The van der Waals surface area contributed by atoms with Gasteiger partial charge in [0.1, 0.15) is 48.0 Å². The first-order valence-electron chi connectivity index (χ1n) is 21.3. The van der Waals surface area contributed by atoms with E-state index in [1.807, 2.05) is 102 Å². The fourth-order valence-electron chi connectivity index (χ4n) is 8.01. The van der Waals surface area contributed by atoms with Gasteiger partial charge >= 0.3 is 12.2 Å². The topological polar surface area (TPSA) is 200 Å². The van der Waals surface area contributed by atoms with Crippen molar-refractivity contribution in [3.63, 3.8) is 0 Å². The van der Waals surface area contributed by atoms with E-state index in [2.05, 4.69) is 61.5 Å². The number of hydrogen-bond acceptors (Lipinski definition) is 15. The Morgan fingerprint density at radius 2 is 1.22 bits per heavy atom. The van der Waals surface area contributed by atoms with Crippen LogP contribution in [0.15, 0.2) is 45.2 Å². The number of anilines is 4. The molecule has 0 aromatic heterocycles. The molecule has 346 valence electrons. The number of likely N-dealkylation sites (tertiary alicyclic amines) is 2. The van der Waals surface area contributed by atoms with Gasteiger partial charge in [-0.2, -0.15) is 10.2 Å². The minimum Gasteiger partial charge on any atom is -0.501 e. The molecule has 64 heavy (non-hydrogen) atoms. The molecule has 2 fully saturated rings. The highest BCUT2D eigenvalue weighted by molar-refractivity contribution is 9.10. The molecule has 0 aliphatic carbocycles. The standard InChI is InChI=1S/C24H33N5O5.C20H26BrN5O4/c1-7-32-9-8-16-10-19-18(29-15(2)21(30)27-26-20(29)12-33-19)11-17(16)25-24(6)13-28(14-24)22(31)34-23(3,4)5;1-11-17(27)24-23-16-8-29-15-6-12(21)13(7-14(15)26(11)16)22-20(5)9-25(10-20)18(28)30-19(2,3)4/h8-11,15,25H,7,12-14H2,1-6H3,(H,27,30);6-7,11,22H,8-10H2,1-5H3,(H,24,27)/b9-8+;/t15-;11-/m11/s1. The van der Waals surface area contributed by atoms with Gasteiger partial charge in [-0.3, -0.25) is 9.59 Å². The molecule has 6 aliphatic heterocycles. The lowest BCUT2D eigenvalue weighted by molar-refractivity contribution is -0.123. The number of carbonyl (C=O) groups is 4. The Morgan fingerprint density at radius 3 is 1.67 bits per heavy atom. The molecule has 0 radical (unpaired) electrons. The van der Waals surface area contributed by atoms with Crippen molar-refractivity contribution in [1.82, 2.24) is 20.7 Å². The molecule has 4 amide bonds. The van der Waals surface area contributed by atoms with Gasteiger partial charge in [0.15, 0.2) is 11.7 Å². The predicted octanol–water partition coefficient (Wildman–Crippen LogP) is 6.05. The van der Waals surface area contributed by atoms with Gasteiger partial charge < -0.3 is 53.9 Å². The van der Waals surface area contributed by atoms with Crippen molar-refractivity contribution < 1.29 is 42.9 Å². The highest BCUT2D eigenvalue weighted by Gasteiger charge is 2.46. The molecule has 4 N–H and O–H groups in total. The molecule has 8 rings (SSSR count). The summed E-state index contributed by atoms with van der Waals surface area (Å²) >= 11 is 3.60. The highest BCUT2D eigenvalue weighted by Crippen LogP contribution is 2.43. The molecular formula is C44H59BrN10O9. The summed E-state index contributed by atoms with van der Waals surface area (Å²) in [6.45, 7) is 24.0. The third kappa shape index (κ3) is 9.90. The molecule has 2 aromatic rings. The summed E-state index contributed by atoms with van der Waals surface area (Å²) < 4.78 is 29.0. The maximum Gasteiger partial charge on any atom is 0.410 e. The first-order valence-corrected chi connectivity index (χ1v) is 22.1. The number of hydrazone groups is 2. The molecule has 0 bridgehead atoms. The van der Waals surface area contributed by atoms with Crippen LogP contribution in [0.4, 0.5) is 32.3 Å². The normalized spacial score (nSPS) is 21.4. The molecule has 6 heterocycles. The number of carbonyl (C=O) groups excluding carboxylic acids is 4. The predicted molar refractivity (Wildman–Crippen MR) is 247 cm³/mol. The second-order valence-electron chi connectivity index (χ2n) is 19.2. The van der Waals surface area contributed by atoms with Crippen LogP contribution in [0.3, 0.4) is 0 Å². The van der Waals surface area contributed by atoms with Crippen molar-refractivity contribution in [2.75, 3.05) is 66.4 Å². The van der Waals surface area contributed by atoms with Crippen LogP contribution in [0, 0.1) is 0 Å². The third-order valence-corrected chi connectivity index (χ3v) is 11.6. The van der Waals surface area contributed by atoms with Gasteiger partial charge in [-0.25, -0.2) is 20.4 Å². The second-order valence-corrected chi connectivity index (χ2v) is 20.0. The van der Waals surface area contributed by atoms with Gasteiger partial charge in [-0.15, -0.1) is 0 Å². The molecule has 2 atom stereocenters. The monoisotopic (exact) mass is 950 g/mol. The SMILES string of the molecule is CCO/C=C/c1cc2c(cc1NC1(C)CN(C(=O)OC(C)(C)C)C1)N1C(=NNC(=O)[C@H]1C)CO2.C[C@@H]1C(=O)NN=C2COc3cc(Br)c(NC4(C)CN(C(=O)OC(C)(C)C)C4)cc3N21. The summed E-state index contributed by atoms with van der Waals surface area (Å²) in [5.74, 6) is 2.31. The van der Waals surface area contributed by atoms with Crippen molar-refractivity contribution in [1.29, 1.82) is 0 Å². The van der Waals surface area contributed by atoms with Crippen LogP contribution in [-0.4, -0.2) is 126 Å². The number of nitrogens with zero attached hydrogens (tertiary/aromatic N) is 6. The van der Waals surface area contributed by atoms with E-state index in [-0.39, 0.29) is 41.7 Å². The zero-order valence-electron chi connectivity index (χ0n) is 38.3. The van der Waals surface area contributed by atoms with E-state index in [4.69, 9.17) is 23.7 Å². The maximum absolute atomic E-state index is 12.4. The van der Waals surface area contributed by atoms with Gasteiger partial charge in [0.05, 0.1) is 41.0 Å². The fourth-order valence-corrected chi connectivity index (χ4v) is 8.43.